The number of carbonyl (C=O) groups excluding carboxylic acids is 4. The van der Waals surface area contributed by atoms with Crippen molar-refractivity contribution >= 4 is 56.9 Å². The highest BCUT2D eigenvalue weighted by molar-refractivity contribution is 8.77. The highest BCUT2D eigenvalue weighted by Crippen LogP contribution is 2.37. The molecule has 1 saturated carbocycles. The molecule has 2 aromatic carbocycles. The zero-order chi connectivity index (χ0) is 32.2. The maximum absolute atomic E-state index is 13.0. The first-order chi connectivity index (χ1) is 21.7. The van der Waals surface area contributed by atoms with Crippen LogP contribution in [0.15, 0.2) is 63.8 Å². The first-order valence-corrected chi connectivity index (χ1v) is 17.1. The van der Waals surface area contributed by atoms with Crippen molar-refractivity contribution in [2.24, 2.45) is 0 Å². The average Bonchev–Trinajstić information content (AvgIpc) is 3.54. The number of esters is 2. The van der Waals surface area contributed by atoms with E-state index in [2.05, 4.69) is 22.4 Å². The van der Waals surface area contributed by atoms with E-state index in [0.717, 1.165) is 22.8 Å². The lowest BCUT2D eigenvalue weighted by atomic mass is 9.91. The van der Waals surface area contributed by atoms with Gasteiger partial charge in [0.1, 0.15) is 17.1 Å². The van der Waals surface area contributed by atoms with E-state index in [4.69, 9.17) is 14.1 Å². The molecule has 0 aliphatic heterocycles. The molecule has 0 N–H and O–H groups in total. The quantitative estimate of drug-likeness (QED) is 0.112. The standard InChI is InChI=1S/C32H38N4O7S2/c1-22(35(2)21-37)29(45-44-20-23-7-5-4-6-8-23)17-18-41-30(38)15-16-31(39)42-26-12-10-25(11-13-26)36(3)32(40)24-9-14-27-28(19-24)34-43-33-27/h4-9,14,19,21,25-26H,10-13,15-18,20H2,1-3H3/b29-22-/t25-,26-. The number of rotatable bonds is 15. The minimum Gasteiger partial charge on any atom is -0.465 e. The Balaban J connectivity index is 1.14. The third kappa shape index (κ3) is 10.1. The summed E-state index contributed by atoms with van der Waals surface area (Å²) in [5, 5.41) is 7.57. The predicted molar refractivity (Wildman–Crippen MR) is 173 cm³/mol. The Morgan fingerprint density at radius 3 is 2.40 bits per heavy atom. The van der Waals surface area contributed by atoms with Crippen LogP contribution in [0.5, 0.6) is 0 Å². The maximum atomic E-state index is 13.0. The summed E-state index contributed by atoms with van der Waals surface area (Å²) in [5.41, 5.74) is 3.62. The van der Waals surface area contributed by atoms with Crippen molar-refractivity contribution in [2.75, 3.05) is 20.7 Å². The highest BCUT2D eigenvalue weighted by atomic mass is 33.1. The van der Waals surface area contributed by atoms with Crippen LogP contribution in [0.25, 0.3) is 11.0 Å². The third-order valence-electron chi connectivity index (χ3n) is 7.75. The summed E-state index contributed by atoms with van der Waals surface area (Å²) in [7, 11) is 6.67. The molecule has 0 atom stereocenters. The van der Waals surface area contributed by atoms with E-state index in [0.29, 0.717) is 48.7 Å². The second-order valence-corrected chi connectivity index (χ2v) is 13.2. The molecule has 4 rings (SSSR count). The summed E-state index contributed by atoms with van der Waals surface area (Å²) >= 11 is 0. The van der Waals surface area contributed by atoms with E-state index < -0.39 is 11.9 Å². The Labute approximate surface area is 270 Å². The van der Waals surface area contributed by atoms with Crippen LogP contribution in [0.4, 0.5) is 0 Å². The number of aromatic nitrogens is 2. The normalized spacial score (nSPS) is 16.9. The molecular weight excluding hydrogens is 617 g/mol. The van der Waals surface area contributed by atoms with E-state index >= 15 is 0 Å². The van der Waals surface area contributed by atoms with Crippen LogP contribution in [-0.2, 0) is 29.6 Å². The van der Waals surface area contributed by atoms with Gasteiger partial charge in [-0.05, 0) is 66.7 Å². The number of nitrogens with zero attached hydrogens (tertiary/aromatic N) is 4. The molecule has 0 radical (unpaired) electrons. The van der Waals surface area contributed by atoms with Gasteiger partial charge in [-0.3, -0.25) is 19.2 Å². The highest BCUT2D eigenvalue weighted by Gasteiger charge is 2.29. The predicted octanol–water partition coefficient (Wildman–Crippen LogP) is 5.76. The fraction of sp³-hybridized carbons (Fsp3) is 0.438. The monoisotopic (exact) mass is 654 g/mol. The maximum Gasteiger partial charge on any atom is 0.306 e. The lowest BCUT2D eigenvalue weighted by molar-refractivity contribution is -0.155. The number of hydrogen-bond acceptors (Lipinski definition) is 11. The van der Waals surface area contributed by atoms with Crippen LogP contribution in [0, 0.1) is 0 Å². The Kier molecular flexibility index (Phi) is 12.9. The zero-order valence-electron chi connectivity index (χ0n) is 25.7. The fourth-order valence-corrected chi connectivity index (χ4v) is 7.50. The van der Waals surface area contributed by atoms with Crippen molar-refractivity contribution in [2.45, 2.75) is 69.8 Å². The van der Waals surface area contributed by atoms with Crippen LogP contribution in [-0.4, -0.2) is 77.2 Å². The molecule has 11 nitrogen and oxygen atoms in total. The molecule has 240 valence electrons. The molecule has 1 aromatic heterocycles. The van der Waals surface area contributed by atoms with Crippen molar-refractivity contribution < 1.29 is 33.3 Å². The lowest BCUT2D eigenvalue weighted by Gasteiger charge is -2.34. The first kappa shape index (κ1) is 34.0. The summed E-state index contributed by atoms with van der Waals surface area (Å²) < 4.78 is 15.7. The second kappa shape index (κ2) is 17.0. The van der Waals surface area contributed by atoms with Gasteiger partial charge in [0.2, 0.25) is 6.41 Å². The van der Waals surface area contributed by atoms with Crippen molar-refractivity contribution in [3.05, 3.63) is 70.3 Å². The number of ether oxygens (including phenoxy) is 2. The van der Waals surface area contributed by atoms with Crippen molar-refractivity contribution in [1.82, 2.24) is 20.1 Å². The lowest BCUT2D eigenvalue weighted by Crippen LogP contribution is -2.41. The molecule has 1 heterocycles. The number of hydrogen-bond donors (Lipinski definition) is 0. The Morgan fingerprint density at radius 1 is 0.956 bits per heavy atom. The smallest absolute Gasteiger partial charge is 0.306 e. The van der Waals surface area contributed by atoms with E-state index in [1.165, 1.54) is 10.5 Å². The summed E-state index contributed by atoms with van der Waals surface area (Å²) in [4.78, 5) is 53.3. The zero-order valence-corrected chi connectivity index (χ0v) is 27.3. The van der Waals surface area contributed by atoms with E-state index in [-0.39, 0.29) is 37.5 Å². The van der Waals surface area contributed by atoms with Gasteiger partial charge in [0, 0.05) is 48.5 Å². The molecule has 0 saturated heterocycles. The fourth-order valence-electron chi connectivity index (χ4n) is 4.92. The summed E-state index contributed by atoms with van der Waals surface area (Å²) in [5.74, 6) is -0.230. The minimum absolute atomic E-state index is 0.0253. The molecule has 1 fully saturated rings. The Hall–Kier alpha value is -3.84. The summed E-state index contributed by atoms with van der Waals surface area (Å²) in [6.45, 7) is 2.00. The topological polar surface area (TPSA) is 132 Å². The van der Waals surface area contributed by atoms with E-state index in [1.54, 1.807) is 58.8 Å². The summed E-state index contributed by atoms with van der Waals surface area (Å²) in [6, 6.07) is 15.2. The number of carbonyl (C=O) groups is 4. The van der Waals surface area contributed by atoms with Gasteiger partial charge in [0.25, 0.3) is 5.91 Å². The van der Waals surface area contributed by atoms with Gasteiger partial charge in [0.15, 0.2) is 0 Å². The molecule has 0 bridgehead atoms. The molecular formula is C32H38N4O7S2. The van der Waals surface area contributed by atoms with Gasteiger partial charge < -0.3 is 19.3 Å². The molecule has 13 heteroatoms. The molecule has 2 amide bonds. The van der Waals surface area contributed by atoms with Gasteiger partial charge in [-0.25, -0.2) is 4.63 Å². The molecule has 0 unspecified atom stereocenters. The number of benzene rings is 2. The van der Waals surface area contributed by atoms with Gasteiger partial charge in [-0.1, -0.05) is 51.9 Å². The molecule has 3 aromatic rings. The van der Waals surface area contributed by atoms with Crippen LogP contribution in [0.3, 0.4) is 0 Å². The molecule has 1 aliphatic rings. The molecule has 1 aliphatic carbocycles. The first-order valence-electron chi connectivity index (χ1n) is 14.8. The van der Waals surface area contributed by atoms with Gasteiger partial charge >= 0.3 is 11.9 Å². The van der Waals surface area contributed by atoms with Crippen LogP contribution in [0.1, 0.15) is 67.8 Å². The average molecular weight is 655 g/mol. The number of amides is 2. The summed E-state index contributed by atoms with van der Waals surface area (Å²) in [6.07, 6.45) is 3.49. The third-order valence-corrected chi connectivity index (χ3v) is 10.3. The van der Waals surface area contributed by atoms with Crippen LogP contribution >= 0.6 is 21.6 Å². The second-order valence-electron chi connectivity index (χ2n) is 10.8. The number of allylic oxidation sites excluding steroid dienone is 1. The SMILES string of the molecule is C/C(=C(\CCOC(=O)CCC(=O)O[C@H]1CC[C@H](N(C)C(=O)c2ccc3nonc3c2)CC1)SSCc1ccccc1)N(C)C=O. The van der Waals surface area contributed by atoms with Crippen LogP contribution in [0.2, 0.25) is 0 Å². The van der Waals surface area contributed by atoms with Crippen molar-refractivity contribution in [1.29, 1.82) is 0 Å². The Bertz CT molecular complexity index is 1490. The minimum atomic E-state index is -0.474. The van der Waals surface area contributed by atoms with Gasteiger partial charge in [-0.2, -0.15) is 0 Å². The largest absolute Gasteiger partial charge is 0.465 e. The van der Waals surface area contributed by atoms with Gasteiger partial charge in [-0.15, -0.1) is 0 Å². The van der Waals surface area contributed by atoms with Crippen molar-refractivity contribution in [3.63, 3.8) is 0 Å². The van der Waals surface area contributed by atoms with Gasteiger partial charge in [0.05, 0.1) is 19.4 Å². The number of fused-ring (bicyclic) bond motifs is 1. The van der Waals surface area contributed by atoms with E-state index in [9.17, 15) is 19.2 Å². The molecule has 0 spiro atoms. The Morgan fingerprint density at radius 2 is 1.67 bits per heavy atom. The van der Waals surface area contributed by atoms with E-state index in [1.807, 2.05) is 25.1 Å². The van der Waals surface area contributed by atoms with Crippen LogP contribution < -0.4 is 0 Å². The molecule has 45 heavy (non-hydrogen) atoms. The van der Waals surface area contributed by atoms with Crippen molar-refractivity contribution in [3.8, 4) is 0 Å².